The van der Waals surface area contributed by atoms with E-state index in [1.165, 1.54) is 24.4 Å². The van der Waals surface area contributed by atoms with Crippen LogP contribution in [-0.4, -0.2) is 58.9 Å². The molecule has 2 amide bonds. The number of likely N-dealkylation sites (tertiary alicyclic amines) is 2. The molecule has 2 aliphatic rings. The minimum Gasteiger partial charge on any atom is -0.470 e. The molecule has 2 aliphatic heterocycles. The second-order valence-corrected chi connectivity index (χ2v) is 8.40. The summed E-state index contributed by atoms with van der Waals surface area (Å²) in [5.74, 6) is -0.594. The van der Waals surface area contributed by atoms with Crippen LogP contribution in [0.2, 0.25) is 0 Å². The second-order valence-electron chi connectivity index (χ2n) is 8.40. The Bertz CT molecular complexity index is 973. The summed E-state index contributed by atoms with van der Waals surface area (Å²) < 4.78 is 19.8. The van der Waals surface area contributed by atoms with Crippen LogP contribution in [0, 0.1) is 5.82 Å². The quantitative estimate of drug-likeness (QED) is 0.673. The highest BCUT2D eigenvalue weighted by Crippen LogP contribution is 2.38. The van der Waals surface area contributed by atoms with Gasteiger partial charge in [0.2, 0.25) is 11.8 Å². The number of rotatable bonds is 5. The van der Waals surface area contributed by atoms with E-state index in [2.05, 4.69) is 11.6 Å². The number of hydrogen-bond acceptors (Lipinski definition) is 4. The van der Waals surface area contributed by atoms with Gasteiger partial charge in [0.25, 0.3) is 5.88 Å². The molecule has 1 unspecified atom stereocenters. The van der Waals surface area contributed by atoms with Crippen LogP contribution in [0.3, 0.4) is 0 Å². The number of carbonyl (C=O) groups is 2. The zero-order valence-electron chi connectivity index (χ0n) is 18.1. The topological polar surface area (TPSA) is 62.7 Å². The van der Waals surface area contributed by atoms with Gasteiger partial charge in [0.15, 0.2) is 5.82 Å². The molecule has 0 bridgehead atoms. The van der Waals surface area contributed by atoms with Crippen LogP contribution in [0.5, 0.6) is 5.88 Å². The molecule has 1 aromatic carbocycles. The Balaban J connectivity index is 1.54. The van der Waals surface area contributed by atoms with Crippen molar-refractivity contribution in [3.8, 4) is 5.88 Å². The molecule has 7 heteroatoms. The van der Waals surface area contributed by atoms with Gasteiger partial charge in [0, 0.05) is 25.8 Å². The number of halogens is 1. The minimum atomic E-state index is -0.697. The molecule has 4 rings (SSSR count). The number of benzene rings is 1. The van der Waals surface area contributed by atoms with Gasteiger partial charge in [0.1, 0.15) is 6.10 Å². The molecular weight excluding hydrogens is 409 g/mol. The van der Waals surface area contributed by atoms with Crippen LogP contribution < -0.4 is 4.74 Å². The lowest BCUT2D eigenvalue weighted by Gasteiger charge is -2.45. The standard InChI is InChI=1S/C25H28FN3O3/c1-2-22(30)28-16-12-25(13-17-28,19-8-4-3-5-9-19)24(31)29-15-7-10-20(18-29)32-23-21(26)11-6-14-27-23/h2-6,8-9,11,14,20H,1,7,10,12-13,15-18H2. The van der Waals surface area contributed by atoms with E-state index in [1.54, 1.807) is 4.90 Å². The first-order valence-electron chi connectivity index (χ1n) is 11.1. The number of hydrogen-bond donors (Lipinski definition) is 0. The van der Waals surface area contributed by atoms with E-state index < -0.39 is 11.2 Å². The average molecular weight is 438 g/mol. The highest BCUT2D eigenvalue weighted by Gasteiger charge is 2.46. The summed E-state index contributed by atoms with van der Waals surface area (Å²) in [6, 6.07) is 12.6. The predicted octanol–water partition coefficient (Wildman–Crippen LogP) is 3.34. The third-order valence-corrected chi connectivity index (χ3v) is 6.51. The van der Waals surface area contributed by atoms with Crippen LogP contribution in [0.1, 0.15) is 31.2 Å². The van der Waals surface area contributed by atoms with Crippen LogP contribution in [0.15, 0.2) is 61.3 Å². The van der Waals surface area contributed by atoms with E-state index >= 15 is 0 Å². The summed E-state index contributed by atoms with van der Waals surface area (Å²) in [7, 11) is 0. The summed E-state index contributed by atoms with van der Waals surface area (Å²) in [4.78, 5) is 33.6. The van der Waals surface area contributed by atoms with Crippen molar-refractivity contribution in [1.29, 1.82) is 0 Å². The molecule has 2 fully saturated rings. The number of nitrogens with zero attached hydrogens (tertiary/aromatic N) is 3. The van der Waals surface area contributed by atoms with Gasteiger partial charge < -0.3 is 14.5 Å². The maximum absolute atomic E-state index is 14.0. The molecule has 0 saturated carbocycles. The van der Waals surface area contributed by atoms with Crippen molar-refractivity contribution in [3.63, 3.8) is 0 Å². The molecule has 6 nitrogen and oxygen atoms in total. The van der Waals surface area contributed by atoms with Crippen LogP contribution in [0.4, 0.5) is 4.39 Å². The fourth-order valence-corrected chi connectivity index (χ4v) is 4.76. The maximum atomic E-state index is 14.0. The molecule has 2 aromatic rings. The molecule has 2 saturated heterocycles. The van der Waals surface area contributed by atoms with Crippen molar-refractivity contribution in [2.45, 2.75) is 37.2 Å². The third-order valence-electron chi connectivity index (χ3n) is 6.51. The van der Waals surface area contributed by atoms with Crippen molar-refractivity contribution in [2.75, 3.05) is 26.2 Å². The summed E-state index contributed by atoms with van der Waals surface area (Å²) >= 11 is 0. The molecule has 1 aromatic heterocycles. The first-order valence-corrected chi connectivity index (χ1v) is 11.1. The first kappa shape index (κ1) is 22.0. The molecule has 0 radical (unpaired) electrons. The number of carbonyl (C=O) groups excluding carboxylic acids is 2. The Kier molecular flexibility index (Phi) is 6.53. The van der Waals surface area contributed by atoms with Gasteiger partial charge >= 0.3 is 0 Å². The van der Waals surface area contributed by atoms with Gasteiger partial charge in [-0.1, -0.05) is 36.9 Å². The number of aromatic nitrogens is 1. The smallest absolute Gasteiger partial charge is 0.250 e. The van der Waals surface area contributed by atoms with Gasteiger partial charge in [-0.25, -0.2) is 9.37 Å². The number of amides is 2. The Morgan fingerprint density at radius 2 is 1.84 bits per heavy atom. The van der Waals surface area contributed by atoms with Crippen LogP contribution in [0.25, 0.3) is 0 Å². The van der Waals surface area contributed by atoms with E-state index in [0.29, 0.717) is 39.0 Å². The third kappa shape index (κ3) is 4.38. The highest BCUT2D eigenvalue weighted by molar-refractivity contribution is 5.90. The predicted molar refractivity (Wildman–Crippen MR) is 119 cm³/mol. The van der Waals surface area contributed by atoms with Crippen molar-refractivity contribution in [3.05, 3.63) is 72.7 Å². The van der Waals surface area contributed by atoms with E-state index in [9.17, 15) is 14.0 Å². The monoisotopic (exact) mass is 437 g/mol. The lowest BCUT2D eigenvalue weighted by atomic mass is 9.71. The van der Waals surface area contributed by atoms with Crippen molar-refractivity contribution >= 4 is 11.8 Å². The first-order chi connectivity index (χ1) is 15.5. The van der Waals surface area contributed by atoms with Crippen LogP contribution >= 0.6 is 0 Å². The Morgan fingerprint density at radius 1 is 1.09 bits per heavy atom. The molecule has 0 aliphatic carbocycles. The Hall–Kier alpha value is -3.22. The molecule has 168 valence electrons. The van der Waals surface area contributed by atoms with Gasteiger partial charge in [0.05, 0.1) is 12.0 Å². The molecule has 3 heterocycles. The van der Waals surface area contributed by atoms with E-state index in [-0.39, 0.29) is 23.8 Å². The van der Waals surface area contributed by atoms with E-state index in [4.69, 9.17) is 4.74 Å². The lowest BCUT2D eigenvalue weighted by molar-refractivity contribution is -0.144. The minimum absolute atomic E-state index is 0.0270. The van der Waals surface area contributed by atoms with Gasteiger partial charge in [-0.3, -0.25) is 9.59 Å². The molecule has 0 spiro atoms. The Morgan fingerprint density at radius 3 is 2.53 bits per heavy atom. The highest BCUT2D eigenvalue weighted by atomic mass is 19.1. The summed E-state index contributed by atoms with van der Waals surface area (Å²) in [6.07, 6.45) is 5.11. The van der Waals surface area contributed by atoms with E-state index in [1.807, 2.05) is 35.2 Å². The normalized spacial score (nSPS) is 20.5. The summed E-state index contributed by atoms with van der Waals surface area (Å²) in [6.45, 7) is 5.59. The van der Waals surface area contributed by atoms with Gasteiger partial charge in [-0.15, -0.1) is 0 Å². The molecule has 1 atom stereocenters. The maximum Gasteiger partial charge on any atom is 0.250 e. The van der Waals surface area contributed by atoms with Crippen molar-refractivity contribution in [2.24, 2.45) is 0 Å². The second kappa shape index (κ2) is 9.51. The molecular formula is C25H28FN3O3. The van der Waals surface area contributed by atoms with Gasteiger partial charge in [-0.2, -0.15) is 0 Å². The summed E-state index contributed by atoms with van der Waals surface area (Å²) in [5, 5.41) is 0. The molecule has 0 N–H and O–H groups in total. The zero-order chi connectivity index (χ0) is 22.6. The van der Waals surface area contributed by atoms with Crippen molar-refractivity contribution < 1.29 is 18.7 Å². The van der Waals surface area contributed by atoms with Crippen LogP contribution in [-0.2, 0) is 15.0 Å². The zero-order valence-corrected chi connectivity index (χ0v) is 18.1. The van der Waals surface area contributed by atoms with Crippen molar-refractivity contribution in [1.82, 2.24) is 14.8 Å². The largest absolute Gasteiger partial charge is 0.470 e. The number of pyridine rings is 1. The average Bonchev–Trinajstić information content (AvgIpc) is 2.85. The summed E-state index contributed by atoms with van der Waals surface area (Å²) in [5.41, 5.74) is 0.270. The lowest BCUT2D eigenvalue weighted by Crippen LogP contribution is -2.56. The van der Waals surface area contributed by atoms with Gasteiger partial charge in [-0.05, 0) is 49.5 Å². The van der Waals surface area contributed by atoms with E-state index in [0.717, 1.165) is 18.4 Å². The molecule has 32 heavy (non-hydrogen) atoms. The fraction of sp³-hybridized carbons (Fsp3) is 0.400. The SMILES string of the molecule is C=CC(=O)N1CCC(C(=O)N2CCCC(Oc3ncccc3F)C2)(c2ccccc2)CC1. The number of piperidine rings is 2. The Labute approximate surface area is 187 Å². The fourth-order valence-electron chi connectivity index (χ4n) is 4.76. The number of ether oxygens (including phenoxy) is 1.